The van der Waals surface area contributed by atoms with Gasteiger partial charge in [0.2, 0.25) is 0 Å². The largest absolute Gasteiger partial charge is 0.350 e. The average Bonchev–Trinajstić information content (AvgIpc) is 3.05. The van der Waals surface area contributed by atoms with E-state index in [1.54, 1.807) is 0 Å². The van der Waals surface area contributed by atoms with Crippen LogP contribution in [0.15, 0.2) is 48.6 Å². The number of ether oxygens (including phenoxy) is 2. The van der Waals surface area contributed by atoms with E-state index in [0.717, 1.165) is 45.4 Å². The lowest BCUT2D eigenvalue weighted by Crippen LogP contribution is -2.46. The van der Waals surface area contributed by atoms with E-state index in [1.807, 2.05) is 0 Å². The zero-order chi connectivity index (χ0) is 33.2. The molecule has 0 bridgehead atoms. The predicted molar refractivity (Wildman–Crippen MR) is 205 cm³/mol. The van der Waals surface area contributed by atoms with Crippen LogP contribution in [0, 0.1) is 5.92 Å². The normalized spacial score (nSPS) is 16.0. The molecule has 1 heterocycles. The van der Waals surface area contributed by atoms with Gasteiger partial charge in [-0.25, -0.2) is 0 Å². The van der Waals surface area contributed by atoms with Gasteiger partial charge in [-0.1, -0.05) is 140 Å². The SMILES string of the molecule is CCCCC/C=C\C/C=C\CCCCCCCCC1(CCCCCCCC/C=C\C/C=C\CCCCC)OCC(CN(C)C)CO1. The Balaban J connectivity index is 2.16. The lowest BCUT2D eigenvalue weighted by molar-refractivity contribution is -0.290. The molecule has 1 saturated heterocycles. The molecule has 3 heteroatoms. The van der Waals surface area contributed by atoms with Gasteiger partial charge in [0.25, 0.3) is 0 Å². The van der Waals surface area contributed by atoms with Gasteiger partial charge in [-0.15, -0.1) is 0 Å². The lowest BCUT2D eigenvalue weighted by atomic mass is 9.97. The fourth-order valence-corrected chi connectivity index (χ4v) is 6.43. The lowest BCUT2D eigenvalue weighted by Gasteiger charge is -2.41. The Labute approximate surface area is 288 Å². The summed E-state index contributed by atoms with van der Waals surface area (Å²) in [5.41, 5.74) is 0. The first-order chi connectivity index (χ1) is 22.6. The van der Waals surface area contributed by atoms with E-state index in [4.69, 9.17) is 9.47 Å². The van der Waals surface area contributed by atoms with Crippen LogP contribution in [0.4, 0.5) is 0 Å². The van der Waals surface area contributed by atoms with Crippen LogP contribution in [-0.4, -0.2) is 44.5 Å². The summed E-state index contributed by atoms with van der Waals surface area (Å²) in [6.45, 7) is 7.29. The van der Waals surface area contributed by atoms with Crippen LogP contribution in [0.3, 0.4) is 0 Å². The standard InChI is InChI=1S/C43H79NO2/c1-5-7-9-11-13-15-17-19-21-23-25-27-29-31-33-35-37-43(45-40-42(41-46-43)39-44(3)4)38-36-34-32-30-28-26-24-22-20-18-16-14-12-10-8-6-2/h13-16,19-22,42H,5-12,17-18,23-41H2,1-4H3/b15-13-,16-14-,21-19-,22-20-. The molecule has 0 saturated carbocycles. The van der Waals surface area contributed by atoms with Crippen LogP contribution in [-0.2, 0) is 9.47 Å². The van der Waals surface area contributed by atoms with Crippen LogP contribution in [0.5, 0.6) is 0 Å². The Hall–Kier alpha value is -1.16. The average molecular weight is 642 g/mol. The Morgan fingerprint density at radius 3 is 1.20 bits per heavy atom. The second-order valence-corrected chi connectivity index (χ2v) is 14.3. The first-order valence-corrected chi connectivity index (χ1v) is 20.1. The highest BCUT2D eigenvalue weighted by atomic mass is 16.7. The molecule has 268 valence electrons. The molecule has 0 radical (unpaired) electrons. The first kappa shape index (κ1) is 42.9. The van der Waals surface area contributed by atoms with E-state index < -0.39 is 0 Å². The van der Waals surface area contributed by atoms with Crippen molar-refractivity contribution in [3.8, 4) is 0 Å². The Bertz CT molecular complexity index is 694. The topological polar surface area (TPSA) is 21.7 Å². The van der Waals surface area contributed by atoms with Gasteiger partial charge >= 0.3 is 0 Å². The maximum atomic E-state index is 6.55. The molecule has 1 rings (SSSR count). The summed E-state index contributed by atoms with van der Waals surface area (Å²) in [4.78, 5) is 2.26. The summed E-state index contributed by atoms with van der Waals surface area (Å²) in [6.07, 6.45) is 52.0. The molecule has 0 N–H and O–H groups in total. The minimum absolute atomic E-state index is 0.326. The molecule has 3 nitrogen and oxygen atoms in total. The fraction of sp³-hybridized carbons (Fsp3) is 0.814. The summed E-state index contributed by atoms with van der Waals surface area (Å²) in [6, 6.07) is 0. The Morgan fingerprint density at radius 1 is 0.478 bits per heavy atom. The van der Waals surface area contributed by atoms with Crippen molar-refractivity contribution < 1.29 is 9.47 Å². The predicted octanol–water partition coefficient (Wildman–Crippen LogP) is 13.3. The highest BCUT2D eigenvalue weighted by Crippen LogP contribution is 2.33. The van der Waals surface area contributed by atoms with Crippen LogP contribution in [0.25, 0.3) is 0 Å². The maximum Gasteiger partial charge on any atom is 0.168 e. The summed E-state index contributed by atoms with van der Waals surface area (Å²) in [5, 5.41) is 0. The summed E-state index contributed by atoms with van der Waals surface area (Å²) >= 11 is 0. The highest BCUT2D eigenvalue weighted by Gasteiger charge is 2.36. The molecule has 0 spiro atoms. The van der Waals surface area contributed by atoms with Gasteiger partial charge < -0.3 is 14.4 Å². The molecule has 46 heavy (non-hydrogen) atoms. The number of hydrogen-bond acceptors (Lipinski definition) is 3. The van der Waals surface area contributed by atoms with Crippen molar-refractivity contribution in [2.75, 3.05) is 33.9 Å². The number of unbranched alkanes of at least 4 members (excludes halogenated alkanes) is 18. The van der Waals surface area contributed by atoms with Crippen LogP contribution < -0.4 is 0 Å². The second kappa shape index (κ2) is 32.4. The molecule has 1 aliphatic heterocycles. The van der Waals surface area contributed by atoms with Crippen LogP contribution >= 0.6 is 0 Å². The molecular weight excluding hydrogens is 562 g/mol. The van der Waals surface area contributed by atoms with Gasteiger partial charge in [-0.2, -0.15) is 0 Å². The number of allylic oxidation sites excluding steroid dienone is 8. The summed E-state index contributed by atoms with van der Waals surface area (Å²) < 4.78 is 13.1. The van der Waals surface area contributed by atoms with Crippen LogP contribution in [0.2, 0.25) is 0 Å². The maximum absolute atomic E-state index is 6.55. The Morgan fingerprint density at radius 2 is 0.826 bits per heavy atom. The van der Waals surface area contributed by atoms with Crippen molar-refractivity contribution in [1.29, 1.82) is 0 Å². The van der Waals surface area contributed by atoms with E-state index >= 15 is 0 Å². The van der Waals surface area contributed by atoms with Gasteiger partial charge in [0.15, 0.2) is 5.79 Å². The molecule has 0 aromatic rings. The van der Waals surface area contributed by atoms with Crippen molar-refractivity contribution in [3.05, 3.63) is 48.6 Å². The highest BCUT2D eigenvalue weighted by molar-refractivity contribution is 4.93. The quantitative estimate of drug-likeness (QED) is 0.0539. The fourth-order valence-electron chi connectivity index (χ4n) is 6.43. The van der Waals surface area contributed by atoms with Crippen LogP contribution in [0.1, 0.15) is 181 Å². The van der Waals surface area contributed by atoms with Crippen molar-refractivity contribution in [2.45, 2.75) is 187 Å². The summed E-state index contributed by atoms with van der Waals surface area (Å²) in [7, 11) is 4.30. The van der Waals surface area contributed by atoms with Gasteiger partial charge in [-0.05, 0) is 91.1 Å². The zero-order valence-corrected chi connectivity index (χ0v) is 31.5. The molecular formula is C43H79NO2. The van der Waals surface area contributed by atoms with E-state index in [1.165, 1.54) is 141 Å². The Kier molecular flexibility index (Phi) is 30.2. The van der Waals surface area contributed by atoms with Crippen molar-refractivity contribution in [1.82, 2.24) is 4.90 Å². The van der Waals surface area contributed by atoms with Crippen molar-refractivity contribution in [3.63, 3.8) is 0 Å². The molecule has 0 aromatic carbocycles. The number of hydrogen-bond donors (Lipinski definition) is 0. The molecule has 1 fully saturated rings. The van der Waals surface area contributed by atoms with Crippen molar-refractivity contribution >= 4 is 0 Å². The summed E-state index contributed by atoms with van der Waals surface area (Å²) in [5.74, 6) is 0.169. The first-order valence-electron chi connectivity index (χ1n) is 20.1. The smallest absolute Gasteiger partial charge is 0.168 e. The van der Waals surface area contributed by atoms with Gasteiger partial charge in [-0.3, -0.25) is 0 Å². The third kappa shape index (κ3) is 26.9. The molecule has 1 aliphatic rings. The molecule has 0 atom stereocenters. The van der Waals surface area contributed by atoms with E-state index in [2.05, 4.69) is 81.5 Å². The van der Waals surface area contributed by atoms with Gasteiger partial charge in [0.1, 0.15) is 0 Å². The van der Waals surface area contributed by atoms with E-state index in [0.29, 0.717) is 5.92 Å². The number of nitrogens with zero attached hydrogens (tertiary/aromatic N) is 1. The number of rotatable bonds is 32. The van der Waals surface area contributed by atoms with Gasteiger partial charge in [0.05, 0.1) is 13.2 Å². The van der Waals surface area contributed by atoms with Crippen molar-refractivity contribution in [2.24, 2.45) is 5.92 Å². The van der Waals surface area contributed by atoms with E-state index in [-0.39, 0.29) is 5.79 Å². The minimum atomic E-state index is -0.326. The molecule has 0 aromatic heterocycles. The molecule has 0 amide bonds. The van der Waals surface area contributed by atoms with Gasteiger partial charge in [0, 0.05) is 25.3 Å². The monoisotopic (exact) mass is 642 g/mol. The minimum Gasteiger partial charge on any atom is -0.350 e. The second-order valence-electron chi connectivity index (χ2n) is 14.3. The van der Waals surface area contributed by atoms with E-state index in [9.17, 15) is 0 Å². The third-order valence-electron chi connectivity index (χ3n) is 9.30. The third-order valence-corrected chi connectivity index (χ3v) is 9.30. The zero-order valence-electron chi connectivity index (χ0n) is 31.5. The molecule has 0 unspecified atom stereocenters. The molecule has 0 aliphatic carbocycles.